The summed E-state index contributed by atoms with van der Waals surface area (Å²) < 4.78 is 0.855. The van der Waals surface area contributed by atoms with E-state index in [4.69, 9.17) is 0 Å². The van der Waals surface area contributed by atoms with Gasteiger partial charge in [-0.25, -0.2) is 0 Å². The van der Waals surface area contributed by atoms with Crippen LogP contribution in [-0.2, 0) is 9.59 Å². The summed E-state index contributed by atoms with van der Waals surface area (Å²) in [6.45, 7) is 10.7. The van der Waals surface area contributed by atoms with Gasteiger partial charge >= 0.3 is 0 Å². The lowest BCUT2D eigenvalue weighted by molar-refractivity contribution is -0.131. The molecule has 0 aliphatic carbocycles. The molecule has 0 unspecified atom stereocenters. The molecule has 23 heavy (non-hydrogen) atoms. The van der Waals surface area contributed by atoms with Gasteiger partial charge in [0.1, 0.15) is 0 Å². The van der Waals surface area contributed by atoms with Crippen molar-refractivity contribution in [2.24, 2.45) is 5.92 Å². The number of aromatic nitrogens is 2. The Kier molecular flexibility index (Phi) is 5.67. The second-order valence-corrected chi connectivity index (χ2v) is 9.44. The van der Waals surface area contributed by atoms with Crippen molar-refractivity contribution in [2.75, 3.05) is 11.9 Å². The van der Waals surface area contributed by atoms with E-state index >= 15 is 0 Å². The number of hydrogen-bond donors (Lipinski definition) is 1. The molecule has 2 rings (SSSR count). The summed E-state index contributed by atoms with van der Waals surface area (Å²) >= 11 is 3.04. The number of carbonyl (C=O) groups excluding carboxylic acids is 2. The Morgan fingerprint density at radius 3 is 2.74 bits per heavy atom. The van der Waals surface area contributed by atoms with Crippen LogP contribution in [0.2, 0.25) is 0 Å². The fourth-order valence-corrected chi connectivity index (χ4v) is 4.30. The van der Waals surface area contributed by atoms with Crippen LogP contribution in [0, 0.1) is 5.92 Å². The zero-order valence-electron chi connectivity index (χ0n) is 14.3. The zero-order valence-corrected chi connectivity index (χ0v) is 15.9. The van der Waals surface area contributed by atoms with E-state index < -0.39 is 0 Å². The van der Waals surface area contributed by atoms with E-state index in [9.17, 15) is 9.59 Å². The molecule has 0 spiro atoms. The Morgan fingerprint density at radius 1 is 1.48 bits per heavy atom. The highest BCUT2D eigenvalue weighted by molar-refractivity contribution is 8.01. The summed E-state index contributed by atoms with van der Waals surface area (Å²) in [5.74, 6) is -0.444. The molecule has 1 aliphatic rings. The predicted molar refractivity (Wildman–Crippen MR) is 93.7 cm³/mol. The first kappa shape index (κ1) is 18.2. The topological polar surface area (TPSA) is 75.2 Å². The third-order valence-corrected chi connectivity index (χ3v) is 6.01. The standard InChI is InChI=1S/C15H24N4O2S2/c1-6-9(2)22-14-18-17-13(23-14)16-12(21)10-7-11(20)19(8-10)15(3,4)5/h9-10H,6-8H2,1-5H3,(H,16,17,21)/t9-,10-/m0/s1. The largest absolute Gasteiger partial charge is 0.337 e. The maximum atomic E-state index is 12.4. The van der Waals surface area contributed by atoms with Gasteiger partial charge in [0.15, 0.2) is 4.34 Å². The van der Waals surface area contributed by atoms with Crippen molar-refractivity contribution < 1.29 is 9.59 Å². The molecular formula is C15H24N4O2S2. The minimum Gasteiger partial charge on any atom is -0.337 e. The van der Waals surface area contributed by atoms with Gasteiger partial charge in [-0.1, -0.05) is 36.9 Å². The molecule has 0 bridgehead atoms. The molecule has 1 aliphatic heterocycles. The predicted octanol–water partition coefficient (Wildman–Crippen LogP) is 3.01. The third kappa shape index (κ3) is 4.67. The molecule has 2 heterocycles. The van der Waals surface area contributed by atoms with E-state index in [0.29, 0.717) is 16.9 Å². The lowest BCUT2D eigenvalue weighted by Gasteiger charge is -2.31. The van der Waals surface area contributed by atoms with Crippen molar-refractivity contribution in [1.82, 2.24) is 15.1 Å². The van der Waals surface area contributed by atoms with E-state index in [-0.39, 0.29) is 29.7 Å². The Bertz CT molecular complexity index is 582. The number of carbonyl (C=O) groups is 2. The van der Waals surface area contributed by atoms with Crippen LogP contribution in [0.5, 0.6) is 0 Å². The Morgan fingerprint density at radius 2 is 2.17 bits per heavy atom. The van der Waals surface area contributed by atoms with Crippen LogP contribution in [0.15, 0.2) is 4.34 Å². The summed E-state index contributed by atoms with van der Waals surface area (Å²) in [5.41, 5.74) is -0.255. The fourth-order valence-electron chi connectivity index (χ4n) is 2.30. The molecule has 1 saturated heterocycles. The van der Waals surface area contributed by atoms with Crippen LogP contribution in [0.3, 0.4) is 0 Å². The van der Waals surface area contributed by atoms with Crippen molar-refractivity contribution in [3.8, 4) is 0 Å². The van der Waals surface area contributed by atoms with Crippen molar-refractivity contribution in [2.45, 2.75) is 62.6 Å². The van der Waals surface area contributed by atoms with Gasteiger partial charge in [0.05, 0.1) is 5.92 Å². The number of amides is 2. The van der Waals surface area contributed by atoms with Gasteiger partial charge in [-0.05, 0) is 27.2 Å². The summed E-state index contributed by atoms with van der Waals surface area (Å²) in [4.78, 5) is 26.2. The number of rotatable bonds is 5. The number of likely N-dealkylation sites (tertiary alicyclic amines) is 1. The first-order chi connectivity index (χ1) is 10.7. The molecule has 1 aromatic rings. The van der Waals surface area contributed by atoms with Gasteiger partial charge in [0.2, 0.25) is 16.9 Å². The van der Waals surface area contributed by atoms with E-state index in [2.05, 4.69) is 29.4 Å². The van der Waals surface area contributed by atoms with Crippen molar-refractivity contribution in [1.29, 1.82) is 0 Å². The van der Waals surface area contributed by atoms with E-state index in [1.807, 2.05) is 20.8 Å². The Labute approximate surface area is 145 Å². The lowest BCUT2D eigenvalue weighted by atomic mass is 10.1. The molecule has 0 radical (unpaired) electrons. The van der Waals surface area contributed by atoms with Gasteiger partial charge < -0.3 is 10.2 Å². The van der Waals surface area contributed by atoms with E-state index in [0.717, 1.165) is 10.8 Å². The molecule has 6 nitrogen and oxygen atoms in total. The van der Waals surface area contributed by atoms with Crippen LogP contribution < -0.4 is 5.32 Å². The number of hydrogen-bond acceptors (Lipinski definition) is 6. The van der Waals surface area contributed by atoms with Crippen LogP contribution in [0.4, 0.5) is 5.13 Å². The van der Waals surface area contributed by atoms with Crippen molar-refractivity contribution in [3.63, 3.8) is 0 Å². The first-order valence-corrected chi connectivity index (χ1v) is 9.51. The van der Waals surface area contributed by atoms with Crippen molar-refractivity contribution >= 4 is 40.0 Å². The molecule has 0 aromatic carbocycles. The molecule has 2 atom stereocenters. The summed E-state index contributed by atoms with van der Waals surface area (Å²) in [6.07, 6.45) is 1.31. The van der Waals surface area contributed by atoms with Gasteiger partial charge in [-0.3, -0.25) is 9.59 Å². The summed E-state index contributed by atoms with van der Waals surface area (Å²) in [5, 5.41) is 11.9. The highest BCUT2D eigenvalue weighted by atomic mass is 32.2. The average molecular weight is 357 g/mol. The molecule has 0 saturated carbocycles. The highest BCUT2D eigenvalue weighted by Gasteiger charge is 2.39. The fraction of sp³-hybridized carbons (Fsp3) is 0.733. The van der Waals surface area contributed by atoms with E-state index in [1.54, 1.807) is 16.7 Å². The highest BCUT2D eigenvalue weighted by Crippen LogP contribution is 2.31. The third-order valence-electron chi connectivity index (χ3n) is 3.82. The van der Waals surface area contributed by atoms with E-state index in [1.165, 1.54) is 11.3 Å². The number of nitrogens with zero attached hydrogens (tertiary/aromatic N) is 3. The van der Waals surface area contributed by atoms with Gasteiger partial charge in [0, 0.05) is 23.8 Å². The molecule has 1 aromatic heterocycles. The van der Waals surface area contributed by atoms with Crippen molar-refractivity contribution in [3.05, 3.63) is 0 Å². The normalized spacial score (nSPS) is 20.0. The maximum absolute atomic E-state index is 12.4. The zero-order chi connectivity index (χ0) is 17.2. The first-order valence-electron chi connectivity index (χ1n) is 7.82. The molecule has 2 amide bonds. The summed E-state index contributed by atoms with van der Waals surface area (Å²) in [7, 11) is 0. The second kappa shape index (κ2) is 7.17. The van der Waals surface area contributed by atoms with Gasteiger partial charge in [-0.2, -0.15) is 0 Å². The average Bonchev–Trinajstić information content (AvgIpc) is 3.04. The van der Waals surface area contributed by atoms with Crippen LogP contribution in [-0.4, -0.2) is 44.2 Å². The Balaban J connectivity index is 1.94. The van der Waals surface area contributed by atoms with Crippen LogP contribution in [0.25, 0.3) is 0 Å². The molecule has 128 valence electrons. The number of nitrogens with one attached hydrogen (secondary N) is 1. The maximum Gasteiger partial charge on any atom is 0.231 e. The smallest absolute Gasteiger partial charge is 0.231 e. The molecular weight excluding hydrogens is 332 g/mol. The monoisotopic (exact) mass is 356 g/mol. The molecule has 1 fully saturated rings. The van der Waals surface area contributed by atoms with Gasteiger partial charge in [-0.15, -0.1) is 10.2 Å². The quantitative estimate of drug-likeness (QED) is 0.648. The minimum atomic E-state index is -0.323. The number of anilines is 1. The molecule has 8 heteroatoms. The summed E-state index contributed by atoms with van der Waals surface area (Å²) in [6, 6.07) is 0. The minimum absolute atomic E-state index is 0.0305. The molecule has 1 N–H and O–H groups in total. The Hall–Kier alpha value is -1.15. The van der Waals surface area contributed by atoms with Crippen LogP contribution in [0.1, 0.15) is 47.5 Å². The van der Waals surface area contributed by atoms with Gasteiger partial charge in [0.25, 0.3) is 0 Å². The second-order valence-electron chi connectivity index (χ2n) is 6.78. The lowest BCUT2D eigenvalue weighted by Crippen LogP contribution is -2.42. The SMILES string of the molecule is CC[C@H](C)Sc1nnc(NC(=O)[C@H]2CC(=O)N(C(C)(C)C)C2)s1. The number of thioether (sulfide) groups is 1. The van der Waals surface area contributed by atoms with Crippen LogP contribution >= 0.6 is 23.1 Å².